The van der Waals surface area contributed by atoms with Gasteiger partial charge in [0.25, 0.3) is 5.91 Å². The number of anilines is 1. The largest absolute Gasteiger partial charge is 0.497 e. The van der Waals surface area contributed by atoms with Gasteiger partial charge >= 0.3 is 0 Å². The summed E-state index contributed by atoms with van der Waals surface area (Å²) in [5.74, 6) is -1.90. The standard InChI is InChI=1S/C34H39N3O6/c1-4-18-35-19-8-16-33(2)27(30(35)39)28-31(40)37(25(22-38)21-23-10-6-5-7-11-23)29-32(41)36(20-9-17-34(28,29)43-33)24-12-14-26(42-3)15-13-24/h5-17,25,27-29,38H,4,18-22H2,1-3H3/t25-,27+,28+,29?,33-,34+/m1/s1. The van der Waals surface area contributed by atoms with Crippen molar-refractivity contribution in [2.75, 3.05) is 38.3 Å². The van der Waals surface area contributed by atoms with Crippen LogP contribution in [0.15, 0.2) is 78.9 Å². The molecule has 6 rings (SSSR count). The van der Waals surface area contributed by atoms with Gasteiger partial charge in [-0.25, -0.2) is 0 Å². The number of aliphatic hydroxyl groups excluding tert-OH is 1. The van der Waals surface area contributed by atoms with Crippen molar-refractivity contribution in [3.63, 3.8) is 0 Å². The van der Waals surface area contributed by atoms with Crippen LogP contribution in [0.4, 0.5) is 5.69 Å². The van der Waals surface area contributed by atoms with Gasteiger partial charge < -0.3 is 29.3 Å². The average molecular weight is 586 g/mol. The second kappa shape index (κ2) is 11.3. The van der Waals surface area contributed by atoms with Crippen molar-refractivity contribution in [1.29, 1.82) is 0 Å². The van der Waals surface area contributed by atoms with Gasteiger partial charge in [-0.15, -0.1) is 0 Å². The van der Waals surface area contributed by atoms with Gasteiger partial charge in [-0.1, -0.05) is 61.6 Å². The number of carbonyl (C=O) groups excluding carboxylic acids is 3. The molecule has 2 saturated heterocycles. The first-order valence-corrected chi connectivity index (χ1v) is 15.0. The maximum absolute atomic E-state index is 14.8. The Kier molecular flexibility index (Phi) is 7.64. The van der Waals surface area contributed by atoms with Crippen LogP contribution in [0.2, 0.25) is 0 Å². The maximum Gasteiger partial charge on any atom is 0.253 e. The highest BCUT2D eigenvalue weighted by atomic mass is 16.5. The fourth-order valence-corrected chi connectivity index (χ4v) is 7.51. The van der Waals surface area contributed by atoms with E-state index in [1.807, 2.05) is 80.6 Å². The van der Waals surface area contributed by atoms with Gasteiger partial charge in [-0.05, 0) is 49.6 Å². The number of hydrogen-bond acceptors (Lipinski definition) is 6. The van der Waals surface area contributed by atoms with Gasteiger partial charge in [-0.2, -0.15) is 0 Å². The molecule has 1 N–H and O–H groups in total. The summed E-state index contributed by atoms with van der Waals surface area (Å²) in [6, 6.07) is 15.0. The molecular formula is C34H39N3O6. The minimum Gasteiger partial charge on any atom is -0.497 e. The molecule has 6 atom stereocenters. The normalized spacial score (nSPS) is 30.6. The summed E-state index contributed by atoms with van der Waals surface area (Å²) in [6.07, 6.45) is 8.65. The predicted molar refractivity (Wildman–Crippen MR) is 161 cm³/mol. The number of benzene rings is 2. The number of methoxy groups -OCH3 is 1. The van der Waals surface area contributed by atoms with Crippen molar-refractivity contribution in [1.82, 2.24) is 9.80 Å². The molecule has 1 unspecified atom stereocenters. The molecule has 0 aliphatic carbocycles. The van der Waals surface area contributed by atoms with E-state index in [-0.39, 0.29) is 30.9 Å². The molecular weight excluding hydrogens is 546 g/mol. The Balaban J connectivity index is 1.48. The lowest BCUT2D eigenvalue weighted by molar-refractivity contribution is -0.151. The fraction of sp³-hybridized carbons (Fsp3) is 0.441. The smallest absolute Gasteiger partial charge is 0.253 e. The molecule has 4 aliphatic heterocycles. The van der Waals surface area contributed by atoms with Crippen LogP contribution >= 0.6 is 0 Å². The van der Waals surface area contributed by atoms with Crippen LogP contribution in [0, 0.1) is 11.8 Å². The molecule has 0 aromatic heterocycles. The fourth-order valence-electron chi connectivity index (χ4n) is 7.51. The third-order valence-electron chi connectivity index (χ3n) is 9.37. The Morgan fingerprint density at radius 2 is 1.67 bits per heavy atom. The number of amides is 3. The van der Waals surface area contributed by atoms with E-state index in [4.69, 9.17) is 9.47 Å². The molecule has 2 aromatic carbocycles. The van der Waals surface area contributed by atoms with Gasteiger partial charge in [0.05, 0.1) is 37.2 Å². The minimum absolute atomic E-state index is 0.147. The Morgan fingerprint density at radius 1 is 0.953 bits per heavy atom. The lowest BCUT2D eigenvalue weighted by Crippen LogP contribution is -2.59. The quantitative estimate of drug-likeness (QED) is 0.479. The molecule has 0 saturated carbocycles. The highest BCUT2D eigenvalue weighted by Gasteiger charge is 2.75. The zero-order valence-corrected chi connectivity index (χ0v) is 24.9. The molecule has 43 heavy (non-hydrogen) atoms. The van der Waals surface area contributed by atoms with E-state index in [9.17, 15) is 19.5 Å². The first-order chi connectivity index (χ1) is 20.8. The van der Waals surface area contributed by atoms with E-state index in [1.54, 1.807) is 29.0 Å². The zero-order chi connectivity index (χ0) is 30.4. The highest BCUT2D eigenvalue weighted by molar-refractivity contribution is 6.06. The number of likely N-dealkylation sites (tertiary alicyclic amines) is 1. The molecule has 4 aliphatic rings. The highest BCUT2D eigenvalue weighted by Crippen LogP contribution is 2.58. The summed E-state index contributed by atoms with van der Waals surface area (Å²) in [5.41, 5.74) is -0.903. The molecule has 2 fully saturated rings. The number of carbonyl (C=O) groups is 3. The SMILES string of the molecule is CCCN1CC=C[C@@]2(C)O[C@]34C=CCN(c5ccc(OC)cc5)C(=O)C3N([C@@H](CO)Cc3ccccc3)C(=O)[C@@H]4[C@H]2C1=O. The monoisotopic (exact) mass is 585 g/mol. The maximum atomic E-state index is 14.8. The van der Waals surface area contributed by atoms with Crippen LogP contribution in [0.1, 0.15) is 25.8 Å². The number of fused-ring (bicyclic) bond motifs is 2. The second-order valence-electron chi connectivity index (χ2n) is 12.0. The Hall–Kier alpha value is -3.95. The summed E-state index contributed by atoms with van der Waals surface area (Å²) in [7, 11) is 1.58. The first-order valence-electron chi connectivity index (χ1n) is 15.0. The van der Waals surface area contributed by atoms with Gasteiger partial charge in [0, 0.05) is 25.3 Å². The minimum atomic E-state index is -1.39. The summed E-state index contributed by atoms with van der Waals surface area (Å²) in [5, 5.41) is 10.7. The van der Waals surface area contributed by atoms with E-state index in [0.29, 0.717) is 30.9 Å². The van der Waals surface area contributed by atoms with Crippen molar-refractivity contribution in [3.8, 4) is 5.75 Å². The lowest BCUT2D eigenvalue weighted by atomic mass is 9.74. The topological polar surface area (TPSA) is 99.6 Å². The Bertz CT molecular complexity index is 1440. The number of rotatable bonds is 8. The van der Waals surface area contributed by atoms with Crippen LogP contribution in [0.25, 0.3) is 0 Å². The summed E-state index contributed by atoms with van der Waals surface area (Å²) >= 11 is 0. The van der Waals surface area contributed by atoms with E-state index in [0.717, 1.165) is 12.0 Å². The third kappa shape index (κ3) is 4.66. The Labute approximate surface area is 252 Å². The number of aliphatic hydroxyl groups is 1. The second-order valence-corrected chi connectivity index (χ2v) is 12.0. The van der Waals surface area contributed by atoms with Gasteiger partial charge in [-0.3, -0.25) is 14.4 Å². The molecule has 2 aromatic rings. The molecule has 226 valence electrons. The van der Waals surface area contributed by atoms with Gasteiger partial charge in [0.1, 0.15) is 17.4 Å². The number of ether oxygens (including phenoxy) is 2. The molecule has 9 heteroatoms. The Morgan fingerprint density at radius 3 is 2.35 bits per heavy atom. The molecule has 0 bridgehead atoms. The molecule has 0 radical (unpaired) electrons. The van der Waals surface area contributed by atoms with Crippen molar-refractivity contribution < 1.29 is 29.0 Å². The average Bonchev–Trinajstić information content (AvgIpc) is 3.29. The van der Waals surface area contributed by atoms with Crippen LogP contribution in [-0.4, -0.2) is 89.3 Å². The molecule has 3 amide bonds. The third-order valence-corrected chi connectivity index (χ3v) is 9.37. The lowest BCUT2D eigenvalue weighted by Gasteiger charge is -2.40. The van der Waals surface area contributed by atoms with Gasteiger partial charge in [0.15, 0.2) is 0 Å². The molecule has 4 heterocycles. The van der Waals surface area contributed by atoms with Crippen molar-refractivity contribution in [3.05, 3.63) is 84.5 Å². The first kappa shape index (κ1) is 29.1. The van der Waals surface area contributed by atoms with Crippen molar-refractivity contribution in [2.24, 2.45) is 11.8 Å². The van der Waals surface area contributed by atoms with Crippen molar-refractivity contribution in [2.45, 2.75) is 50.0 Å². The number of hydrogen-bond donors (Lipinski definition) is 1. The zero-order valence-electron chi connectivity index (χ0n) is 24.9. The van der Waals surface area contributed by atoms with Crippen molar-refractivity contribution >= 4 is 23.4 Å². The van der Waals surface area contributed by atoms with E-state index < -0.39 is 35.1 Å². The summed E-state index contributed by atoms with van der Waals surface area (Å²) in [6.45, 7) is 4.78. The van der Waals surface area contributed by atoms with Crippen LogP contribution in [0.3, 0.4) is 0 Å². The summed E-state index contributed by atoms with van der Waals surface area (Å²) in [4.78, 5) is 48.6. The number of nitrogens with zero attached hydrogens (tertiary/aromatic N) is 3. The van der Waals surface area contributed by atoms with E-state index >= 15 is 0 Å². The van der Waals surface area contributed by atoms with Gasteiger partial charge in [0.2, 0.25) is 11.8 Å². The van der Waals surface area contributed by atoms with Crippen LogP contribution < -0.4 is 9.64 Å². The van der Waals surface area contributed by atoms with Crippen LogP contribution in [-0.2, 0) is 25.5 Å². The van der Waals surface area contributed by atoms with E-state index in [1.165, 1.54) is 4.90 Å². The summed E-state index contributed by atoms with van der Waals surface area (Å²) < 4.78 is 12.2. The van der Waals surface area contributed by atoms with Crippen LogP contribution in [0.5, 0.6) is 5.75 Å². The predicted octanol–water partition coefficient (Wildman–Crippen LogP) is 2.98. The van der Waals surface area contributed by atoms with E-state index in [2.05, 4.69) is 0 Å². The molecule has 9 nitrogen and oxygen atoms in total. The molecule has 1 spiro atoms.